The van der Waals surface area contributed by atoms with E-state index in [1.807, 2.05) is 0 Å². The number of hydrogen-bond acceptors (Lipinski definition) is 5. The molecule has 3 aromatic carbocycles. The number of carbonyl (C=O) groups is 1. The average Bonchev–Trinajstić information content (AvgIpc) is 2.78. The summed E-state index contributed by atoms with van der Waals surface area (Å²) in [5.41, 5.74) is 1.50. The smallest absolute Gasteiger partial charge is 0.257 e. The molecule has 33 heavy (non-hydrogen) atoms. The van der Waals surface area contributed by atoms with Gasteiger partial charge in [0.25, 0.3) is 5.91 Å². The highest BCUT2D eigenvalue weighted by atomic mass is 79.9. The van der Waals surface area contributed by atoms with Crippen molar-refractivity contribution in [2.75, 3.05) is 30.1 Å². The third-order valence-corrected chi connectivity index (χ3v) is 6.66. The van der Waals surface area contributed by atoms with Gasteiger partial charge in [0, 0.05) is 21.2 Å². The maximum Gasteiger partial charge on any atom is 0.257 e. The lowest BCUT2D eigenvalue weighted by molar-refractivity contribution is 0.102. The predicted octanol–water partition coefficient (Wildman–Crippen LogP) is 5.34. The number of hydrogen-bond donors (Lipinski definition) is 1. The van der Waals surface area contributed by atoms with Gasteiger partial charge in [-0.2, -0.15) is 0 Å². The van der Waals surface area contributed by atoms with Crippen LogP contribution in [-0.2, 0) is 16.6 Å². The van der Waals surface area contributed by atoms with Crippen LogP contribution in [0, 0.1) is 0 Å². The SMILES string of the molecule is COc1cc(C(=O)Nc2ccc(Br)cc2)c(N(Cc2ccc(Cl)cc2)S(C)(=O)=O)cc1OC. The lowest BCUT2D eigenvalue weighted by atomic mass is 10.1. The molecule has 7 nitrogen and oxygen atoms in total. The predicted molar refractivity (Wildman–Crippen MR) is 134 cm³/mol. The first-order chi connectivity index (χ1) is 15.6. The Morgan fingerprint density at radius 1 is 1.00 bits per heavy atom. The number of methoxy groups -OCH3 is 2. The van der Waals surface area contributed by atoms with Crippen molar-refractivity contribution >= 4 is 54.8 Å². The number of anilines is 2. The number of ether oxygens (including phenoxy) is 2. The van der Waals surface area contributed by atoms with Crippen LogP contribution in [-0.4, -0.2) is 34.8 Å². The Balaban J connectivity index is 2.12. The second-order valence-electron chi connectivity index (χ2n) is 7.08. The second-order valence-corrected chi connectivity index (χ2v) is 10.3. The molecule has 1 amide bonds. The fourth-order valence-electron chi connectivity index (χ4n) is 3.12. The Morgan fingerprint density at radius 3 is 2.12 bits per heavy atom. The lowest BCUT2D eigenvalue weighted by Crippen LogP contribution is -2.31. The van der Waals surface area contributed by atoms with Crippen molar-refractivity contribution in [3.8, 4) is 11.5 Å². The molecule has 0 unspecified atom stereocenters. The lowest BCUT2D eigenvalue weighted by Gasteiger charge is -2.26. The molecule has 0 bridgehead atoms. The first-order valence-electron chi connectivity index (χ1n) is 9.67. The molecular weight excluding hydrogens is 532 g/mol. The molecule has 3 aromatic rings. The van der Waals surface area contributed by atoms with E-state index in [0.29, 0.717) is 22.0 Å². The summed E-state index contributed by atoms with van der Waals surface area (Å²) >= 11 is 9.32. The van der Waals surface area contributed by atoms with E-state index in [1.165, 1.54) is 26.4 Å². The van der Waals surface area contributed by atoms with Gasteiger partial charge in [0.05, 0.1) is 38.3 Å². The molecule has 0 atom stereocenters. The third kappa shape index (κ3) is 6.19. The topological polar surface area (TPSA) is 84.9 Å². The Kier molecular flexibility index (Phi) is 7.88. The number of nitrogens with one attached hydrogen (secondary N) is 1. The maximum atomic E-state index is 13.3. The molecule has 0 fully saturated rings. The van der Waals surface area contributed by atoms with Crippen molar-refractivity contribution in [1.82, 2.24) is 0 Å². The van der Waals surface area contributed by atoms with Crippen LogP contribution in [0.25, 0.3) is 0 Å². The fraction of sp³-hybridized carbons (Fsp3) is 0.174. The Morgan fingerprint density at radius 2 is 1.58 bits per heavy atom. The molecule has 0 aliphatic carbocycles. The average molecular weight is 554 g/mol. The van der Waals surface area contributed by atoms with Crippen LogP contribution in [0.3, 0.4) is 0 Å². The molecule has 0 radical (unpaired) electrons. The summed E-state index contributed by atoms with van der Waals surface area (Å²) in [5, 5.41) is 3.33. The zero-order chi connectivity index (χ0) is 24.2. The quantitative estimate of drug-likeness (QED) is 0.407. The van der Waals surface area contributed by atoms with Gasteiger partial charge >= 0.3 is 0 Å². The number of rotatable bonds is 8. The van der Waals surface area contributed by atoms with Crippen molar-refractivity contribution < 1.29 is 22.7 Å². The molecule has 0 saturated carbocycles. The number of nitrogens with zero attached hydrogens (tertiary/aromatic N) is 1. The molecular formula is C23H22BrClN2O5S. The fourth-order valence-corrected chi connectivity index (χ4v) is 4.41. The molecule has 0 aliphatic heterocycles. The van der Waals surface area contributed by atoms with E-state index >= 15 is 0 Å². The van der Waals surface area contributed by atoms with Gasteiger partial charge < -0.3 is 14.8 Å². The summed E-state index contributed by atoms with van der Waals surface area (Å²) in [6.45, 7) is -0.00987. The second kappa shape index (κ2) is 10.5. The number of halogens is 2. The molecule has 0 spiro atoms. The molecule has 0 aromatic heterocycles. The first kappa shape index (κ1) is 24.9. The molecule has 10 heteroatoms. The standard InChI is InChI=1S/C23H22BrClN2O5S/c1-31-21-12-19(23(28)26-18-10-6-16(24)7-11-18)20(13-22(21)32-2)27(33(3,29)30)14-15-4-8-17(25)9-5-15/h4-13H,14H2,1-3H3,(H,26,28). The molecule has 0 heterocycles. The van der Waals surface area contributed by atoms with E-state index in [1.54, 1.807) is 48.5 Å². The summed E-state index contributed by atoms with van der Waals surface area (Å²) in [4.78, 5) is 13.3. The highest BCUT2D eigenvalue weighted by Gasteiger charge is 2.26. The minimum absolute atomic E-state index is 0.00987. The van der Waals surface area contributed by atoms with Crippen LogP contribution in [0.2, 0.25) is 5.02 Å². The van der Waals surface area contributed by atoms with Crippen molar-refractivity contribution in [2.45, 2.75) is 6.54 Å². The molecule has 3 rings (SSSR count). The molecule has 0 saturated heterocycles. The highest BCUT2D eigenvalue weighted by Crippen LogP contribution is 2.37. The van der Waals surface area contributed by atoms with Gasteiger partial charge in [-0.3, -0.25) is 9.10 Å². The molecule has 174 valence electrons. The number of sulfonamides is 1. The van der Waals surface area contributed by atoms with Crippen LogP contribution < -0.4 is 19.1 Å². The van der Waals surface area contributed by atoms with Gasteiger partial charge in [0.15, 0.2) is 11.5 Å². The Bertz CT molecular complexity index is 1250. The van der Waals surface area contributed by atoms with Gasteiger partial charge in [-0.1, -0.05) is 39.7 Å². The zero-order valence-corrected chi connectivity index (χ0v) is 21.3. The van der Waals surface area contributed by atoms with E-state index < -0.39 is 15.9 Å². The summed E-state index contributed by atoms with van der Waals surface area (Å²) in [6, 6.07) is 16.8. The van der Waals surface area contributed by atoms with E-state index in [0.717, 1.165) is 15.0 Å². The van der Waals surface area contributed by atoms with Gasteiger partial charge in [-0.15, -0.1) is 0 Å². The number of carbonyl (C=O) groups excluding carboxylic acids is 1. The van der Waals surface area contributed by atoms with Crippen LogP contribution in [0.15, 0.2) is 65.1 Å². The van der Waals surface area contributed by atoms with Crippen LogP contribution in [0.4, 0.5) is 11.4 Å². The van der Waals surface area contributed by atoms with Crippen molar-refractivity contribution in [2.24, 2.45) is 0 Å². The van der Waals surface area contributed by atoms with Crippen molar-refractivity contribution in [3.63, 3.8) is 0 Å². The molecule has 1 N–H and O–H groups in total. The maximum absolute atomic E-state index is 13.3. The number of benzene rings is 3. The summed E-state index contributed by atoms with van der Waals surface area (Å²) < 4.78 is 38.4. The highest BCUT2D eigenvalue weighted by molar-refractivity contribution is 9.10. The van der Waals surface area contributed by atoms with E-state index in [4.69, 9.17) is 21.1 Å². The van der Waals surface area contributed by atoms with Gasteiger partial charge in [0.1, 0.15) is 0 Å². The minimum atomic E-state index is -3.79. The summed E-state index contributed by atoms with van der Waals surface area (Å²) in [5.74, 6) is 0.0811. The van der Waals surface area contributed by atoms with E-state index in [-0.39, 0.29) is 23.5 Å². The zero-order valence-electron chi connectivity index (χ0n) is 18.1. The summed E-state index contributed by atoms with van der Waals surface area (Å²) in [7, 11) is -0.909. The largest absolute Gasteiger partial charge is 0.493 e. The van der Waals surface area contributed by atoms with Crippen LogP contribution in [0.5, 0.6) is 11.5 Å². The minimum Gasteiger partial charge on any atom is -0.493 e. The first-order valence-corrected chi connectivity index (χ1v) is 12.7. The van der Waals surface area contributed by atoms with Gasteiger partial charge in [-0.25, -0.2) is 8.42 Å². The van der Waals surface area contributed by atoms with Gasteiger partial charge in [0.2, 0.25) is 10.0 Å². The van der Waals surface area contributed by atoms with Gasteiger partial charge in [-0.05, 0) is 48.0 Å². The third-order valence-electron chi connectivity index (χ3n) is 4.76. The van der Waals surface area contributed by atoms with Crippen molar-refractivity contribution in [1.29, 1.82) is 0 Å². The Hall–Kier alpha value is -2.75. The molecule has 0 aliphatic rings. The van der Waals surface area contributed by atoms with Crippen LogP contribution in [0.1, 0.15) is 15.9 Å². The van der Waals surface area contributed by atoms with Crippen LogP contribution >= 0.6 is 27.5 Å². The van der Waals surface area contributed by atoms with Crippen molar-refractivity contribution in [3.05, 3.63) is 81.3 Å². The summed E-state index contributed by atoms with van der Waals surface area (Å²) in [6.07, 6.45) is 1.08. The van der Waals surface area contributed by atoms with E-state index in [2.05, 4.69) is 21.2 Å². The number of amides is 1. The Labute approximate surface area is 206 Å². The van der Waals surface area contributed by atoms with E-state index in [9.17, 15) is 13.2 Å². The normalized spacial score (nSPS) is 11.1. The monoisotopic (exact) mass is 552 g/mol.